The van der Waals surface area contributed by atoms with Crippen molar-refractivity contribution in [1.29, 1.82) is 0 Å². The quantitative estimate of drug-likeness (QED) is 0.0223. The summed E-state index contributed by atoms with van der Waals surface area (Å²) in [5, 5.41) is 64.1. The Morgan fingerprint density at radius 1 is 0.673 bits per heavy atom. The van der Waals surface area contributed by atoms with Crippen LogP contribution in [0.25, 0.3) is 0 Å². The lowest BCUT2D eigenvalue weighted by atomic mass is 9.84. The summed E-state index contributed by atoms with van der Waals surface area (Å²) >= 11 is 0. The monoisotopic (exact) mass is 765 g/mol. The zero-order valence-corrected chi connectivity index (χ0v) is 33.7. The van der Waals surface area contributed by atoms with Crippen molar-refractivity contribution in [3.8, 4) is 0 Å². The average molecular weight is 765 g/mol. The van der Waals surface area contributed by atoms with Crippen molar-refractivity contribution < 1.29 is 43.8 Å². The van der Waals surface area contributed by atoms with Crippen molar-refractivity contribution in [2.45, 2.75) is 229 Å². The Balaban J connectivity index is 2.65. The van der Waals surface area contributed by atoms with E-state index >= 15 is 0 Å². The Bertz CT molecular complexity index is 986. The van der Waals surface area contributed by atoms with E-state index in [1.54, 1.807) is 6.08 Å². The largest absolute Gasteiger partial charge is 0.394 e. The van der Waals surface area contributed by atoms with Gasteiger partial charge in [0.15, 0.2) is 5.72 Å². The second kappa shape index (κ2) is 29.6. The molecule has 0 aromatic carbocycles. The van der Waals surface area contributed by atoms with E-state index in [1.807, 2.05) is 0 Å². The lowest BCUT2D eigenvalue weighted by Gasteiger charge is -2.49. The van der Waals surface area contributed by atoms with E-state index in [2.05, 4.69) is 18.6 Å². The number of hydrogen-bond donors (Lipinski definition) is 8. The van der Waals surface area contributed by atoms with Crippen molar-refractivity contribution in [1.82, 2.24) is 4.72 Å². The molecule has 11 nitrogen and oxygen atoms in total. The van der Waals surface area contributed by atoms with Gasteiger partial charge in [-0.15, -0.1) is 0 Å². The molecule has 0 aromatic heterocycles. The molecule has 8 atom stereocenters. The van der Waals surface area contributed by atoms with E-state index in [-0.39, 0.29) is 5.75 Å². The number of unbranched alkanes of at least 4 members (excludes halogenated alkanes) is 24. The fourth-order valence-electron chi connectivity index (χ4n) is 7.11. The SMILES string of the molecule is CCCCCCCCCCCCC/C=C/[C@@H](O)[C@@H](N)C(O)(NS(=O)(=O)CCCCCCCCCCCCCCCC)C1O[C@H](CO)[C@@H](O)[C@H](O)[C@H]1O. The van der Waals surface area contributed by atoms with Crippen molar-refractivity contribution in [2.75, 3.05) is 12.4 Å². The molecule has 12 heteroatoms. The summed E-state index contributed by atoms with van der Waals surface area (Å²) in [4.78, 5) is 0. The molecule has 0 saturated carbocycles. The number of aliphatic hydroxyl groups excluding tert-OH is 5. The first-order valence-corrected chi connectivity index (χ1v) is 22.7. The number of hydrogen-bond acceptors (Lipinski definition) is 10. The van der Waals surface area contributed by atoms with E-state index in [1.165, 1.54) is 115 Å². The number of aliphatic hydroxyl groups is 6. The summed E-state index contributed by atoms with van der Waals surface area (Å²) in [6.07, 6.45) is 22.1. The number of rotatable bonds is 34. The van der Waals surface area contributed by atoms with Crippen LogP contribution in [0.5, 0.6) is 0 Å². The summed E-state index contributed by atoms with van der Waals surface area (Å²) in [5.74, 6) is -0.331. The van der Waals surface area contributed by atoms with Gasteiger partial charge in [-0.3, -0.25) is 0 Å². The van der Waals surface area contributed by atoms with Crippen LogP contribution in [0.3, 0.4) is 0 Å². The van der Waals surface area contributed by atoms with Crippen LogP contribution >= 0.6 is 0 Å². The van der Waals surface area contributed by atoms with E-state index in [4.69, 9.17) is 10.5 Å². The maximum Gasteiger partial charge on any atom is 0.214 e. The topological polar surface area (TPSA) is 203 Å². The van der Waals surface area contributed by atoms with Crippen LogP contribution in [0.4, 0.5) is 0 Å². The zero-order chi connectivity index (χ0) is 38.7. The molecule has 0 aromatic rings. The van der Waals surface area contributed by atoms with Gasteiger partial charge in [0.05, 0.1) is 24.5 Å². The molecule has 0 radical (unpaired) electrons. The van der Waals surface area contributed by atoms with Crippen LogP contribution in [0.15, 0.2) is 12.2 Å². The van der Waals surface area contributed by atoms with Crippen LogP contribution in [-0.2, 0) is 14.8 Å². The van der Waals surface area contributed by atoms with Crippen LogP contribution in [-0.4, -0.2) is 99.8 Å². The molecule has 52 heavy (non-hydrogen) atoms. The highest BCUT2D eigenvalue weighted by Crippen LogP contribution is 2.31. The Kier molecular flexibility index (Phi) is 28.1. The molecule has 0 amide bonds. The summed E-state index contributed by atoms with van der Waals surface area (Å²) in [6.45, 7) is 3.67. The Labute approximate surface area is 317 Å². The van der Waals surface area contributed by atoms with Gasteiger partial charge in [0, 0.05) is 0 Å². The van der Waals surface area contributed by atoms with Gasteiger partial charge in [-0.05, 0) is 19.3 Å². The Hall–Kier alpha value is -0.670. The van der Waals surface area contributed by atoms with Crippen LogP contribution in [0.1, 0.15) is 181 Å². The predicted octanol–water partition coefficient (Wildman–Crippen LogP) is 5.86. The molecule has 2 unspecified atom stereocenters. The highest BCUT2D eigenvalue weighted by Gasteiger charge is 2.57. The molecule has 1 saturated heterocycles. The third-order valence-corrected chi connectivity index (χ3v) is 12.1. The number of nitrogens with two attached hydrogens (primary N) is 1. The van der Waals surface area contributed by atoms with Crippen molar-refractivity contribution >= 4 is 10.0 Å². The average Bonchev–Trinajstić information content (AvgIpc) is 3.12. The van der Waals surface area contributed by atoms with Gasteiger partial charge >= 0.3 is 0 Å². The molecule has 1 fully saturated rings. The van der Waals surface area contributed by atoms with Crippen LogP contribution in [0.2, 0.25) is 0 Å². The standard InChI is InChI=1S/C40H80N2O9S/c1-3-5-7-9-11-13-15-17-19-21-23-25-27-29-31-52(49,50)42-40(48,39-37(47)36(46)35(45)34(32-43)51-39)38(41)33(44)30-28-26-24-22-20-18-16-14-12-10-8-6-4-2/h28,30,33-39,42-48H,3-27,29,31-32,41H2,1-2H3/b30-28+/t33-,34-,35-,36+,37-,38-,39?,40?/m1/s1. The lowest BCUT2D eigenvalue weighted by Crippen LogP contribution is -2.76. The van der Waals surface area contributed by atoms with Gasteiger partial charge in [0.1, 0.15) is 30.5 Å². The zero-order valence-electron chi connectivity index (χ0n) is 32.9. The molecule has 0 aliphatic carbocycles. The minimum absolute atomic E-state index is 0.328. The van der Waals surface area contributed by atoms with Gasteiger partial charge in [-0.2, -0.15) is 4.72 Å². The fraction of sp³-hybridized carbons (Fsp3) is 0.950. The second-order valence-corrected chi connectivity index (χ2v) is 17.2. The van der Waals surface area contributed by atoms with Gasteiger partial charge in [0.2, 0.25) is 10.0 Å². The molecule has 1 heterocycles. The highest BCUT2D eigenvalue weighted by molar-refractivity contribution is 7.89. The summed E-state index contributed by atoms with van der Waals surface area (Å²) in [6, 6.07) is -1.73. The van der Waals surface area contributed by atoms with Crippen molar-refractivity contribution in [3.63, 3.8) is 0 Å². The third kappa shape index (κ3) is 20.3. The molecule has 9 N–H and O–H groups in total. The lowest BCUT2D eigenvalue weighted by molar-refractivity contribution is -0.278. The molecular formula is C40H80N2O9S. The third-order valence-electron chi connectivity index (χ3n) is 10.6. The maximum absolute atomic E-state index is 13.3. The molecule has 1 aliphatic heterocycles. The van der Waals surface area contributed by atoms with E-state index < -0.39 is 65.0 Å². The minimum Gasteiger partial charge on any atom is -0.394 e. The number of ether oxygens (including phenoxy) is 1. The summed E-state index contributed by atoms with van der Waals surface area (Å²) in [7, 11) is -4.22. The van der Waals surface area contributed by atoms with Gasteiger partial charge < -0.3 is 41.1 Å². The van der Waals surface area contributed by atoms with Gasteiger partial charge in [-0.25, -0.2) is 8.42 Å². The number of sulfonamides is 1. The molecule has 0 spiro atoms. The number of nitrogens with one attached hydrogen (secondary N) is 1. The van der Waals surface area contributed by atoms with E-state index in [0.29, 0.717) is 19.3 Å². The summed E-state index contributed by atoms with van der Waals surface area (Å²) < 4.78 is 34.3. The fourth-order valence-corrected chi connectivity index (χ4v) is 8.55. The number of allylic oxidation sites excluding steroid dienone is 1. The smallest absolute Gasteiger partial charge is 0.214 e. The molecular weight excluding hydrogens is 685 g/mol. The van der Waals surface area contributed by atoms with Crippen molar-refractivity contribution in [3.05, 3.63) is 12.2 Å². The first-order valence-electron chi connectivity index (χ1n) is 21.1. The maximum atomic E-state index is 13.3. The highest BCUT2D eigenvalue weighted by atomic mass is 32.2. The second-order valence-electron chi connectivity index (χ2n) is 15.4. The molecule has 1 rings (SSSR count). The predicted molar refractivity (Wildman–Crippen MR) is 210 cm³/mol. The van der Waals surface area contributed by atoms with Crippen LogP contribution < -0.4 is 10.5 Å². The van der Waals surface area contributed by atoms with E-state index in [9.17, 15) is 39.1 Å². The Morgan fingerprint density at radius 3 is 1.50 bits per heavy atom. The first kappa shape index (κ1) is 49.3. The Morgan fingerprint density at radius 2 is 1.08 bits per heavy atom. The molecule has 310 valence electrons. The minimum atomic E-state index is -4.22. The van der Waals surface area contributed by atoms with E-state index in [0.717, 1.165) is 38.5 Å². The first-order chi connectivity index (χ1) is 24.9. The van der Waals surface area contributed by atoms with Crippen LogP contribution in [0, 0.1) is 0 Å². The summed E-state index contributed by atoms with van der Waals surface area (Å²) in [5.41, 5.74) is 3.53. The normalized spacial score (nSPS) is 23.6. The molecule has 1 aliphatic rings. The van der Waals surface area contributed by atoms with Gasteiger partial charge in [-0.1, -0.05) is 174 Å². The molecule has 0 bridgehead atoms. The van der Waals surface area contributed by atoms with Gasteiger partial charge in [0.25, 0.3) is 0 Å². The van der Waals surface area contributed by atoms with Crippen molar-refractivity contribution in [2.24, 2.45) is 5.73 Å².